The van der Waals surface area contributed by atoms with Gasteiger partial charge < -0.3 is 5.32 Å². The van der Waals surface area contributed by atoms with E-state index in [0.717, 1.165) is 11.1 Å². The summed E-state index contributed by atoms with van der Waals surface area (Å²) in [6.07, 6.45) is 0. The molecule has 1 atom stereocenters. The van der Waals surface area contributed by atoms with Gasteiger partial charge in [-0.1, -0.05) is 56.3 Å². The molecule has 2 aromatic rings. The zero-order valence-corrected chi connectivity index (χ0v) is 20.6. The van der Waals surface area contributed by atoms with E-state index in [-0.39, 0.29) is 28.9 Å². The second-order valence-electron chi connectivity index (χ2n) is 7.95. The van der Waals surface area contributed by atoms with Crippen LogP contribution < -0.4 is 5.32 Å². The van der Waals surface area contributed by atoms with E-state index in [1.54, 1.807) is 38.1 Å². The average Bonchev–Trinajstić information content (AvgIpc) is 2.80. The van der Waals surface area contributed by atoms with Crippen molar-refractivity contribution in [3.05, 3.63) is 65.7 Å². The molecule has 1 unspecified atom stereocenters. The van der Waals surface area contributed by atoms with Crippen molar-refractivity contribution in [2.75, 3.05) is 37.7 Å². The number of benzene rings is 2. The Morgan fingerprint density at radius 2 is 1.58 bits per heavy atom. The lowest BCUT2D eigenvalue weighted by atomic mass is 10.0. The van der Waals surface area contributed by atoms with E-state index in [1.807, 2.05) is 35.2 Å². The van der Waals surface area contributed by atoms with E-state index in [0.29, 0.717) is 26.2 Å². The van der Waals surface area contributed by atoms with Crippen LogP contribution in [0.3, 0.4) is 0 Å². The van der Waals surface area contributed by atoms with Crippen LogP contribution in [-0.4, -0.2) is 69.6 Å². The van der Waals surface area contributed by atoms with E-state index in [2.05, 4.69) is 5.32 Å². The summed E-state index contributed by atoms with van der Waals surface area (Å²) in [7, 11) is -6.60. The van der Waals surface area contributed by atoms with Crippen molar-refractivity contribution in [2.24, 2.45) is 0 Å². The molecular formula is C23H31N3O5S2. The summed E-state index contributed by atoms with van der Waals surface area (Å²) in [4.78, 5) is 15.3. The predicted octanol–water partition coefficient (Wildman–Crippen LogP) is 1.81. The van der Waals surface area contributed by atoms with Crippen molar-refractivity contribution in [3.8, 4) is 0 Å². The molecule has 1 aliphatic heterocycles. The van der Waals surface area contributed by atoms with E-state index in [4.69, 9.17) is 0 Å². The molecule has 0 spiro atoms. The number of carbonyl (C=O) groups excluding carboxylic acids is 1. The molecule has 1 amide bonds. The highest BCUT2D eigenvalue weighted by Gasteiger charge is 2.32. The molecule has 3 rings (SSSR count). The molecule has 1 heterocycles. The van der Waals surface area contributed by atoms with Gasteiger partial charge in [-0.2, -0.15) is 4.31 Å². The highest BCUT2D eigenvalue weighted by Crippen LogP contribution is 2.23. The molecule has 8 nitrogen and oxygen atoms in total. The standard InChI is InChI=1S/C23H31N3O5S2/c1-3-26(4-2)33(30,31)21-12-10-19(11-13-21)18-24-23(27)22(20-8-6-5-7-9-20)25-14-16-32(28,29)17-15-25/h5-13,22H,3-4,14-18H2,1-2H3,(H,24,27). The molecule has 0 saturated carbocycles. The molecule has 0 radical (unpaired) electrons. The molecule has 1 saturated heterocycles. The minimum Gasteiger partial charge on any atom is -0.350 e. The molecule has 0 bridgehead atoms. The molecule has 1 aliphatic rings. The fraction of sp³-hybridized carbons (Fsp3) is 0.435. The van der Waals surface area contributed by atoms with Gasteiger partial charge >= 0.3 is 0 Å². The maximum absolute atomic E-state index is 13.2. The molecule has 10 heteroatoms. The van der Waals surface area contributed by atoms with Gasteiger partial charge in [-0.25, -0.2) is 16.8 Å². The number of nitrogens with zero attached hydrogens (tertiary/aromatic N) is 2. The first kappa shape index (κ1) is 25.4. The zero-order chi connectivity index (χ0) is 24.1. The smallest absolute Gasteiger partial charge is 0.243 e. The summed E-state index contributed by atoms with van der Waals surface area (Å²) in [5.41, 5.74) is 1.57. The van der Waals surface area contributed by atoms with Gasteiger partial charge in [0.15, 0.2) is 9.84 Å². The van der Waals surface area contributed by atoms with Crippen molar-refractivity contribution >= 4 is 25.8 Å². The molecule has 1 fully saturated rings. The number of amides is 1. The number of hydrogen-bond acceptors (Lipinski definition) is 6. The summed E-state index contributed by atoms with van der Waals surface area (Å²) in [5.74, 6) is -0.154. The predicted molar refractivity (Wildman–Crippen MR) is 128 cm³/mol. The van der Waals surface area contributed by atoms with Crippen LogP contribution in [0.4, 0.5) is 0 Å². The highest BCUT2D eigenvalue weighted by molar-refractivity contribution is 7.91. The third kappa shape index (κ3) is 6.20. The Balaban J connectivity index is 1.72. The number of sulfonamides is 1. The van der Waals surface area contributed by atoms with Crippen LogP contribution in [0, 0.1) is 0 Å². The summed E-state index contributed by atoms with van der Waals surface area (Å²) in [6, 6.07) is 15.2. The van der Waals surface area contributed by atoms with Gasteiger partial charge in [-0.15, -0.1) is 0 Å². The lowest BCUT2D eigenvalue weighted by molar-refractivity contribution is -0.126. The van der Waals surface area contributed by atoms with E-state index >= 15 is 0 Å². The van der Waals surface area contributed by atoms with Gasteiger partial charge in [0.05, 0.1) is 16.4 Å². The minimum atomic E-state index is -3.53. The van der Waals surface area contributed by atoms with E-state index in [1.165, 1.54) is 4.31 Å². The van der Waals surface area contributed by atoms with Crippen molar-refractivity contribution in [1.82, 2.24) is 14.5 Å². The molecule has 1 N–H and O–H groups in total. The van der Waals surface area contributed by atoms with Gasteiger partial charge in [-0.3, -0.25) is 9.69 Å². The molecule has 2 aromatic carbocycles. The van der Waals surface area contributed by atoms with Crippen LogP contribution in [0.25, 0.3) is 0 Å². The first-order valence-corrected chi connectivity index (χ1v) is 14.3. The number of rotatable bonds is 9. The SMILES string of the molecule is CCN(CC)S(=O)(=O)c1ccc(CNC(=O)C(c2ccccc2)N2CCS(=O)(=O)CC2)cc1. The van der Waals surface area contributed by atoms with Crippen LogP contribution in [0.1, 0.15) is 31.0 Å². The lowest BCUT2D eigenvalue weighted by Gasteiger charge is -2.33. The van der Waals surface area contributed by atoms with Crippen LogP contribution >= 0.6 is 0 Å². The van der Waals surface area contributed by atoms with Crippen molar-refractivity contribution < 1.29 is 21.6 Å². The second-order valence-corrected chi connectivity index (χ2v) is 12.2. The lowest BCUT2D eigenvalue weighted by Crippen LogP contribution is -2.47. The van der Waals surface area contributed by atoms with Crippen LogP contribution in [0.2, 0.25) is 0 Å². The van der Waals surface area contributed by atoms with Crippen LogP contribution in [-0.2, 0) is 31.2 Å². The van der Waals surface area contributed by atoms with Crippen molar-refractivity contribution in [1.29, 1.82) is 0 Å². The highest BCUT2D eigenvalue weighted by atomic mass is 32.2. The Hall–Kier alpha value is -2.27. The molecule has 0 aromatic heterocycles. The van der Waals surface area contributed by atoms with Gasteiger partial charge in [-0.05, 0) is 23.3 Å². The summed E-state index contributed by atoms with van der Waals surface area (Å²) < 4.78 is 50.4. The third-order valence-electron chi connectivity index (χ3n) is 5.84. The number of sulfone groups is 1. The Morgan fingerprint density at radius 1 is 1.00 bits per heavy atom. The van der Waals surface area contributed by atoms with Gasteiger partial charge in [0.2, 0.25) is 15.9 Å². The first-order chi connectivity index (χ1) is 15.7. The normalized spacial score (nSPS) is 17.5. The summed E-state index contributed by atoms with van der Waals surface area (Å²) in [5, 5.41) is 2.93. The van der Waals surface area contributed by atoms with Gasteiger partial charge in [0.1, 0.15) is 6.04 Å². The van der Waals surface area contributed by atoms with Gasteiger partial charge in [0.25, 0.3) is 0 Å². The van der Waals surface area contributed by atoms with Crippen molar-refractivity contribution in [2.45, 2.75) is 31.3 Å². The fourth-order valence-electron chi connectivity index (χ4n) is 3.93. The summed E-state index contributed by atoms with van der Waals surface area (Å²) >= 11 is 0. The molecule has 0 aliphatic carbocycles. The Bertz CT molecular complexity index is 1130. The Morgan fingerprint density at radius 3 is 2.12 bits per heavy atom. The monoisotopic (exact) mass is 493 g/mol. The third-order valence-corrected chi connectivity index (χ3v) is 9.51. The number of carbonyl (C=O) groups is 1. The Kier molecular flexibility index (Phi) is 8.28. The molecule has 180 valence electrons. The minimum absolute atomic E-state index is 0.0338. The van der Waals surface area contributed by atoms with Crippen LogP contribution in [0.15, 0.2) is 59.5 Å². The Labute approximate surface area is 196 Å². The second kappa shape index (κ2) is 10.8. The quantitative estimate of drug-likeness (QED) is 0.571. The zero-order valence-electron chi connectivity index (χ0n) is 19.0. The fourth-order valence-corrected chi connectivity index (χ4v) is 6.61. The van der Waals surface area contributed by atoms with Gasteiger partial charge in [0, 0.05) is 32.7 Å². The maximum Gasteiger partial charge on any atom is 0.243 e. The van der Waals surface area contributed by atoms with Crippen LogP contribution in [0.5, 0.6) is 0 Å². The first-order valence-electron chi connectivity index (χ1n) is 11.0. The molecular weight excluding hydrogens is 462 g/mol. The number of hydrogen-bond donors (Lipinski definition) is 1. The average molecular weight is 494 g/mol. The molecule has 33 heavy (non-hydrogen) atoms. The topological polar surface area (TPSA) is 104 Å². The van der Waals surface area contributed by atoms with Crippen molar-refractivity contribution in [3.63, 3.8) is 0 Å². The van der Waals surface area contributed by atoms with E-state index in [9.17, 15) is 21.6 Å². The largest absolute Gasteiger partial charge is 0.350 e. The number of nitrogens with one attached hydrogen (secondary N) is 1. The summed E-state index contributed by atoms with van der Waals surface area (Å²) in [6.45, 7) is 5.22. The maximum atomic E-state index is 13.2. The van der Waals surface area contributed by atoms with E-state index < -0.39 is 25.9 Å².